The molecule has 1 aromatic carbocycles. The van der Waals surface area contributed by atoms with Crippen molar-refractivity contribution in [1.29, 1.82) is 0 Å². The molecular formula is C27H50NO3S+. The summed E-state index contributed by atoms with van der Waals surface area (Å²) < 4.78 is 27.8. The minimum absolute atomic E-state index is 0.130. The average molecular weight is 469 g/mol. The van der Waals surface area contributed by atoms with E-state index in [1.807, 2.05) is 0 Å². The van der Waals surface area contributed by atoms with Crippen molar-refractivity contribution < 1.29 is 17.1 Å². The number of hydrogen-bond acceptors (Lipinski definition) is 3. The third kappa shape index (κ3) is 19.4. The smallest absolute Gasteiger partial charge is 0.338 e. The Hall–Kier alpha value is -1.33. The van der Waals surface area contributed by atoms with Crippen LogP contribution in [-0.4, -0.2) is 40.6 Å². The molecule has 0 aliphatic carbocycles. The topological polar surface area (TPSA) is 43.4 Å². The van der Waals surface area contributed by atoms with Gasteiger partial charge in [0.15, 0.2) is 0 Å². The molecule has 0 saturated carbocycles. The van der Waals surface area contributed by atoms with Crippen LogP contribution < -0.4 is 0 Å². The van der Waals surface area contributed by atoms with Crippen molar-refractivity contribution in [2.45, 2.75) is 102 Å². The molecular weight excluding hydrogens is 418 g/mol. The SMILES string of the molecule is C=COS(=O)(=O)c1ccccc1.CCCCCCCCCCCCCCCC[N+](C)(C)C. The van der Waals surface area contributed by atoms with Gasteiger partial charge in [0, 0.05) is 0 Å². The summed E-state index contributed by atoms with van der Waals surface area (Å²) in [4.78, 5) is 0.130. The first-order valence-electron chi connectivity index (χ1n) is 12.6. The molecule has 5 heteroatoms. The van der Waals surface area contributed by atoms with Crippen molar-refractivity contribution in [3.05, 3.63) is 43.2 Å². The van der Waals surface area contributed by atoms with E-state index in [0.29, 0.717) is 0 Å². The molecule has 0 radical (unpaired) electrons. The van der Waals surface area contributed by atoms with Gasteiger partial charge in [0.25, 0.3) is 0 Å². The lowest BCUT2D eigenvalue weighted by Gasteiger charge is -2.23. The third-order valence-electron chi connectivity index (χ3n) is 5.41. The van der Waals surface area contributed by atoms with Gasteiger partial charge in [-0.2, -0.15) is 8.42 Å². The molecule has 0 atom stereocenters. The van der Waals surface area contributed by atoms with E-state index in [2.05, 4.69) is 38.8 Å². The molecule has 0 amide bonds. The normalized spacial score (nSPS) is 11.5. The van der Waals surface area contributed by atoms with Crippen molar-refractivity contribution in [3.8, 4) is 0 Å². The largest absolute Gasteiger partial charge is 0.388 e. The van der Waals surface area contributed by atoms with Crippen molar-refractivity contribution in [2.75, 3.05) is 27.7 Å². The Balaban J connectivity index is 0.000000677. The van der Waals surface area contributed by atoms with Crippen molar-refractivity contribution in [1.82, 2.24) is 0 Å². The van der Waals surface area contributed by atoms with Crippen LogP contribution in [0.2, 0.25) is 0 Å². The first-order chi connectivity index (χ1) is 15.2. The maximum atomic E-state index is 11.1. The fraction of sp³-hybridized carbons (Fsp3) is 0.704. The molecule has 0 fully saturated rings. The molecule has 32 heavy (non-hydrogen) atoms. The van der Waals surface area contributed by atoms with E-state index in [4.69, 9.17) is 0 Å². The van der Waals surface area contributed by atoms with Crippen LogP contribution in [0.4, 0.5) is 0 Å². The Morgan fingerprint density at radius 2 is 1.16 bits per heavy atom. The lowest BCUT2D eigenvalue weighted by molar-refractivity contribution is -0.870. The van der Waals surface area contributed by atoms with Crippen LogP contribution in [0.15, 0.2) is 48.1 Å². The number of benzene rings is 1. The zero-order valence-corrected chi connectivity index (χ0v) is 22.2. The summed E-state index contributed by atoms with van der Waals surface area (Å²) in [6.45, 7) is 6.80. The van der Waals surface area contributed by atoms with E-state index in [9.17, 15) is 8.42 Å². The fourth-order valence-corrected chi connectivity index (χ4v) is 4.29. The maximum Gasteiger partial charge on any atom is 0.338 e. The van der Waals surface area contributed by atoms with Gasteiger partial charge in [0.05, 0.1) is 33.9 Å². The molecule has 0 aromatic heterocycles. The first kappa shape index (κ1) is 30.7. The van der Waals surface area contributed by atoms with Gasteiger partial charge in [-0.3, -0.25) is 0 Å². The standard InChI is InChI=1S/C19H42N.C8H8O3S/c1-5-6-7-8-9-10-11-12-13-14-15-16-17-18-19-20(2,3)4;1-2-11-12(9,10)8-6-4-3-5-7-8/h5-19H2,1-4H3;2-7H,1H2/q+1;. The molecule has 1 aromatic rings. The van der Waals surface area contributed by atoms with E-state index < -0.39 is 10.1 Å². The summed E-state index contributed by atoms with van der Waals surface area (Å²) in [6.07, 6.45) is 21.3. The number of quaternary nitrogens is 1. The van der Waals surface area contributed by atoms with Gasteiger partial charge in [-0.05, 0) is 25.0 Å². The second kappa shape index (κ2) is 19.2. The van der Waals surface area contributed by atoms with Gasteiger partial charge in [0.2, 0.25) is 0 Å². The van der Waals surface area contributed by atoms with E-state index in [1.54, 1.807) is 18.2 Å². The highest BCUT2D eigenvalue weighted by Crippen LogP contribution is 2.13. The molecule has 4 nitrogen and oxygen atoms in total. The second-order valence-electron chi connectivity index (χ2n) is 9.64. The number of hydrogen-bond donors (Lipinski definition) is 0. The van der Waals surface area contributed by atoms with Crippen LogP contribution >= 0.6 is 0 Å². The Labute approximate surface area is 199 Å². The van der Waals surface area contributed by atoms with Crippen molar-refractivity contribution >= 4 is 10.1 Å². The van der Waals surface area contributed by atoms with E-state index >= 15 is 0 Å². The zero-order chi connectivity index (χ0) is 24.1. The highest BCUT2D eigenvalue weighted by Gasteiger charge is 2.11. The van der Waals surface area contributed by atoms with Gasteiger partial charge in [-0.15, -0.1) is 0 Å². The van der Waals surface area contributed by atoms with Crippen LogP contribution in [0.3, 0.4) is 0 Å². The van der Waals surface area contributed by atoms with Crippen molar-refractivity contribution in [3.63, 3.8) is 0 Å². The molecule has 0 spiro atoms. The van der Waals surface area contributed by atoms with Crippen LogP contribution in [0, 0.1) is 0 Å². The molecule has 0 heterocycles. The highest BCUT2D eigenvalue weighted by atomic mass is 32.2. The van der Waals surface area contributed by atoms with Crippen LogP contribution in [0.25, 0.3) is 0 Å². The molecule has 0 unspecified atom stereocenters. The second-order valence-corrected chi connectivity index (χ2v) is 11.2. The van der Waals surface area contributed by atoms with E-state index in [-0.39, 0.29) is 4.90 Å². The predicted octanol–water partition coefficient (Wildman–Crippen LogP) is 7.71. The summed E-state index contributed by atoms with van der Waals surface area (Å²) in [5.74, 6) is 0. The Bertz CT molecular complexity index is 651. The van der Waals surface area contributed by atoms with Gasteiger partial charge in [0.1, 0.15) is 4.90 Å². The first-order valence-corrected chi connectivity index (χ1v) is 14.0. The van der Waals surface area contributed by atoms with Gasteiger partial charge in [-0.1, -0.05) is 109 Å². The summed E-state index contributed by atoms with van der Waals surface area (Å²) in [5, 5.41) is 0. The van der Waals surface area contributed by atoms with Gasteiger partial charge < -0.3 is 8.67 Å². The minimum Gasteiger partial charge on any atom is -0.388 e. The average Bonchev–Trinajstić information content (AvgIpc) is 2.74. The van der Waals surface area contributed by atoms with E-state index in [0.717, 1.165) is 10.7 Å². The fourth-order valence-electron chi connectivity index (χ4n) is 3.51. The van der Waals surface area contributed by atoms with Gasteiger partial charge >= 0.3 is 10.1 Å². The number of unbranched alkanes of at least 4 members (excludes halogenated alkanes) is 13. The van der Waals surface area contributed by atoms with Gasteiger partial charge in [-0.25, -0.2) is 0 Å². The van der Waals surface area contributed by atoms with Crippen LogP contribution in [0.1, 0.15) is 96.8 Å². The summed E-state index contributed by atoms with van der Waals surface area (Å²) >= 11 is 0. The van der Waals surface area contributed by atoms with Crippen molar-refractivity contribution in [2.24, 2.45) is 0 Å². The molecule has 0 bridgehead atoms. The molecule has 1 rings (SSSR count). The van der Waals surface area contributed by atoms with E-state index in [1.165, 1.54) is 109 Å². The monoisotopic (exact) mass is 468 g/mol. The molecule has 0 saturated heterocycles. The summed E-state index contributed by atoms with van der Waals surface area (Å²) in [6, 6.07) is 7.89. The Morgan fingerprint density at radius 1 is 0.750 bits per heavy atom. The highest BCUT2D eigenvalue weighted by molar-refractivity contribution is 7.86. The zero-order valence-electron chi connectivity index (χ0n) is 21.4. The lowest BCUT2D eigenvalue weighted by atomic mass is 10.0. The Morgan fingerprint density at radius 3 is 1.53 bits per heavy atom. The maximum absolute atomic E-state index is 11.1. The number of rotatable bonds is 18. The minimum atomic E-state index is -3.63. The third-order valence-corrected chi connectivity index (χ3v) is 6.65. The quantitative estimate of drug-likeness (QED) is 0.0959. The number of nitrogens with zero attached hydrogens (tertiary/aromatic N) is 1. The molecule has 186 valence electrons. The van der Waals surface area contributed by atoms with Crippen LogP contribution in [-0.2, 0) is 14.3 Å². The molecule has 0 aliphatic rings. The molecule has 0 N–H and O–H groups in total. The van der Waals surface area contributed by atoms with Crippen LogP contribution in [0.5, 0.6) is 0 Å². The molecule has 0 aliphatic heterocycles. The summed E-state index contributed by atoms with van der Waals surface area (Å²) in [5.41, 5.74) is 0. The lowest BCUT2D eigenvalue weighted by Crippen LogP contribution is -2.35. The Kier molecular flexibility index (Phi) is 18.4. The summed E-state index contributed by atoms with van der Waals surface area (Å²) in [7, 11) is 3.25. The predicted molar refractivity (Wildman–Crippen MR) is 138 cm³/mol.